The van der Waals surface area contributed by atoms with E-state index in [2.05, 4.69) is 64.6 Å². The van der Waals surface area contributed by atoms with Crippen LogP contribution in [0.3, 0.4) is 0 Å². The topological polar surface area (TPSA) is 73.7 Å². The standard InChI is InChI=1S/C27H38N6O2/c1-30(2)27(22-10-5-4-6-11-22)15-13-26(14-16-27)20-32(25(35)33(26)18-21-8-7-9-21)19-24(34)28-23-12-17-31(3)29-23/h4-6,10-12,17,21H,7-9,13-16,18-20H2,1-3H3,(H,28,29,34). The second-order valence-corrected chi connectivity index (χ2v) is 11.0. The van der Waals surface area contributed by atoms with Crippen LogP contribution in [0.15, 0.2) is 42.6 Å². The Bertz CT molecular complexity index is 1050. The van der Waals surface area contributed by atoms with Gasteiger partial charge in [0.1, 0.15) is 6.54 Å². The number of aromatic nitrogens is 2. The summed E-state index contributed by atoms with van der Waals surface area (Å²) in [6, 6.07) is 12.6. The molecule has 1 saturated heterocycles. The van der Waals surface area contributed by atoms with Crippen molar-refractivity contribution in [1.29, 1.82) is 0 Å². The van der Waals surface area contributed by atoms with Crippen LogP contribution in [0.5, 0.6) is 0 Å². The van der Waals surface area contributed by atoms with Gasteiger partial charge in [-0.25, -0.2) is 4.79 Å². The maximum Gasteiger partial charge on any atom is 0.321 e. The Balaban J connectivity index is 1.34. The molecule has 0 unspecified atom stereocenters. The van der Waals surface area contributed by atoms with Crippen LogP contribution in [0.1, 0.15) is 50.5 Å². The second kappa shape index (κ2) is 9.30. The van der Waals surface area contributed by atoms with Crippen molar-refractivity contribution in [3.8, 4) is 0 Å². The van der Waals surface area contributed by atoms with E-state index < -0.39 is 0 Å². The Morgan fingerprint density at radius 1 is 1.11 bits per heavy atom. The van der Waals surface area contributed by atoms with Gasteiger partial charge in [0.2, 0.25) is 5.91 Å². The minimum absolute atomic E-state index is 0.0186. The quantitative estimate of drug-likeness (QED) is 0.659. The Morgan fingerprint density at radius 3 is 2.40 bits per heavy atom. The lowest BCUT2D eigenvalue weighted by atomic mass is 9.68. The lowest BCUT2D eigenvalue weighted by Gasteiger charge is -2.51. The number of aryl methyl sites for hydroxylation is 1. The summed E-state index contributed by atoms with van der Waals surface area (Å²) in [5.41, 5.74) is 1.12. The summed E-state index contributed by atoms with van der Waals surface area (Å²) in [5, 5.41) is 7.07. The van der Waals surface area contributed by atoms with Crippen molar-refractivity contribution < 1.29 is 9.59 Å². The Morgan fingerprint density at radius 2 is 1.83 bits per heavy atom. The zero-order valence-electron chi connectivity index (χ0n) is 21.2. The number of benzene rings is 1. The lowest BCUT2D eigenvalue weighted by molar-refractivity contribution is -0.116. The van der Waals surface area contributed by atoms with Crippen LogP contribution >= 0.6 is 0 Å². The summed E-state index contributed by atoms with van der Waals surface area (Å²) in [6.45, 7) is 1.50. The third-order valence-corrected chi connectivity index (χ3v) is 8.72. The number of amides is 3. The van der Waals surface area contributed by atoms with Gasteiger partial charge in [-0.05, 0) is 64.1 Å². The minimum atomic E-state index is -0.202. The maximum atomic E-state index is 13.7. The number of carbonyl (C=O) groups excluding carboxylic acids is 2. The van der Waals surface area contributed by atoms with E-state index in [-0.39, 0.29) is 29.6 Å². The first kappa shape index (κ1) is 23.9. The van der Waals surface area contributed by atoms with Crippen LogP contribution in [0.2, 0.25) is 0 Å². The zero-order valence-corrected chi connectivity index (χ0v) is 21.2. The van der Waals surface area contributed by atoms with Gasteiger partial charge in [-0.15, -0.1) is 0 Å². The molecule has 35 heavy (non-hydrogen) atoms. The molecule has 3 amide bonds. The van der Waals surface area contributed by atoms with Gasteiger partial charge in [-0.3, -0.25) is 14.4 Å². The number of hydrogen-bond donors (Lipinski definition) is 1. The molecule has 1 N–H and O–H groups in total. The fourth-order valence-corrected chi connectivity index (χ4v) is 6.35. The highest BCUT2D eigenvalue weighted by atomic mass is 16.2. The number of urea groups is 1. The lowest BCUT2D eigenvalue weighted by Crippen LogP contribution is -2.56. The van der Waals surface area contributed by atoms with Gasteiger partial charge >= 0.3 is 6.03 Å². The van der Waals surface area contributed by atoms with Gasteiger partial charge in [-0.2, -0.15) is 5.10 Å². The molecule has 5 rings (SSSR count). The molecule has 2 heterocycles. The predicted molar refractivity (Wildman–Crippen MR) is 136 cm³/mol. The predicted octanol–water partition coefficient (Wildman–Crippen LogP) is 3.67. The zero-order chi connectivity index (χ0) is 24.6. The summed E-state index contributed by atoms with van der Waals surface area (Å²) >= 11 is 0. The molecule has 1 spiro atoms. The van der Waals surface area contributed by atoms with E-state index in [4.69, 9.17) is 0 Å². The fourth-order valence-electron chi connectivity index (χ4n) is 6.35. The molecular weight excluding hydrogens is 440 g/mol. The number of hydrogen-bond acceptors (Lipinski definition) is 4. The largest absolute Gasteiger partial charge is 0.321 e. The highest BCUT2D eigenvalue weighted by molar-refractivity contribution is 5.94. The number of carbonyl (C=O) groups is 2. The highest BCUT2D eigenvalue weighted by Gasteiger charge is 2.55. The average Bonchev–Trinajstić information content (AvgIpc) is 3.32. The Kier molecular flexibility index (Phi) is 6.34. The summed E-state index contributed by atoms with van der Waals surface area (Å²) in [5.74, 6) is 0.912. The van der Waals surface area contributed by atoms with Crippen LogP contribution in [0.25, 0.3) is 0 Å². The van der Waals surface area contributed by atoms with Gasteiger partial charge < -0.3 is 15.1 Å². The minimum Gasteiger partial charge on any atom is -0.317 e. The molecule has 0 atom stereocenters. The molecule has 2 aromatic rings. The molecule has 8 nitrogen and oxygen atoms in total. The van der Waals surface area contributed by atoms with Crippen LogP contribution in [-0.2, 0) is 17.4 Å². The van der Waals surface area contributed by atoms with Crippen LogP contribution in [-0.4, -0.2) is 75.7 Å². The molecule has 3 aliphatic rings. The van der Waals surface area contributed by atoms with Crippen molar-refractivity contribution in [2.75, 3.05) is 39.0 Å². The van der Waals surface area contributed by atoms with E-state index in [1.165, 1.54) is 24.8 Å². The third kappa shape index (κ3) is 4.44. The fraction of sp³-hybridized carbons (Fsp3) is 0.593. The Labute approximate surface area is 208 Å². The molecule has 0 bridgehead atoms. The summed E-state index contributed by atoms with van der Waals surface area (Å²) in [7, 11) is 6.16. The molecule has 1 aromatic carbocycles. The van der Waals surface area contributed by atoms with E-state index in [1.54, 1.807) is 21.8 Å². The number of anilines is 1. The van der Waals surface area contributed by atoms with Crippen molar-refractivity contribution in [1.82, 2.24) is 24.5 Å². The van der Waals surface area contributed by atoms with Gasteiger partial charge in [0.05, 0.1) is 5.54 Å². The van der Waals surface area contributed by atoms with E-state index in [0.29, 0.717) is 18.3 Å². The third-order valence-electron chi connectivity index (χ3n) is 8.72. The van der Waals surface area contributed by atoms with Crippen LogP contribution < -0.4 is 5.32 Å². The number of rotatable bonds is 7. The molecule has 1 aliphatic heterocycles. The van der Waals surface area contributed by atoms with Crippen molar-refractivity contribution >= 4 is 17.8 Å². The maximum absolute atomic E-state index is 13.7. The van der Waals surface area contributed by atoms with E-state index in [0.717, 1.165) is 32.2 Å². The number of nitrogens with one attached hydrogen (secondary N) is 1. The van der Waals surface area contributed by atoms with E-state index >= 15 is 0 Å². The summed E-state index contributed by atoms with van der Waals surface area (Å²) < 4.78 is 1.65. The molecule has 2 aliphatic carbocycles. The Hall–Kier alpha value is -2.87. The molecule has 188 valence electrons. The molecule has 2 saturated carbocycles. The van der Waals surface area contributed by atoms with Gasteiger partial charge in [0.25, 0.3) is 0 Å². The van der Waals surface area contributed by atoms with Crippen LogP contribution in [0.4, 0.5) is 10.6 Å². The smallest absolute Gasteiger partial charge is 0.317 e. The average molecular weight is 479 g/mol. The monoisotopic (exact) mass is 478 g/mol. The first-order chi connectivity index (χ1) is 16.8. The van der Waals surface area contributed by atoms with Crippen molar-refractivity contribution in [2.24, 2.45) is 13.0 Å². The van der Waals surface area contributed by atoms with E-state index in [9.17, 15) is 9.59 Å². The van der Waals surface area contributed by atoms with Gasteiger partial charge in [0.15, 0.2) is 5.82 Å². The van der Waals surface area contributed by atoms with Crippen molar-refractivity contribution in [3.63, 3.8) is 0 Å². The first-order valence-corrected chi connectivity index (χ1v) is 12.9. The first-order valence-electron chi connectivity index (χ1n) is 12.9. The molecular formula is C27H38N6O2. The van der Waals surface area contributed by atoms with Crippen molar-refractivity contribution in [2.45, 2.75) is 56.0 Å². The highest BCUT2D eigenvalue weighted by Crippen LogP contribution is 2.49. The van der Waals surface area contributed by atoms with Gasteiger partial charge in [-0.1, -0.05) is 36.8 Å². The van der Waals surface area contributed by atoms with E-state index in [1.807, 2.05) is 7.05 Å². The van der Waals surface area contributed by atoms with Gasteiger partial charge in [0, 0.05) is 37.9 Å². The summed E-state index contributed by atoms with van der Waals surface area (Å²) in [6.07, 6.45) is 9.31. The molecule has 8 heteroatoms. The second-order valence-electron chi connectivity index (χ2n) is 11.0. The van der Waals surface area contributed by atoms with Crippen LogP contribution in [0, 0.1) is 5.92 Å². The SMILES string of the molecule is CN(C)C1(c2ccccc2)CCC2(CC1)CN(CC(=O)Nc1ccn(C)n1)C(=O)N2CC1CCC1. The molecule has 0 radical (unpaired) electrons. The summed E-state index contributed by atoms with van der Waals surface area (Å²) in [4.78, 5) is 32.7. The molecule has 3 fully saturated rings. The normalized spacial score (nSPS) is 27.0. The molecule has 1 aromatic heterocycles. The van der Waals surface area contributed by atoms with Crippen molar-refractivity contribution in [3.05, 3.63) is 48.2 Å². The number of nitrogens with zero attached hydrogens (tertiary/aromatic N) is 5.